The number of nitrogens with one attached hydrogen (secondary N) is 1. The second-order valence-electron chi connectivity index (χ2n) is 10.7. The molecule has 0 amide bonds. The van der Waals surface area contributed by atoms with Crippen molar-refractivity contribution >= 4 is 0 Å². The van der Waals surface area contributed by atoms with E-state index < -0.39 is 0 Å². The SMILES string of the molecule is C=CC(C)C1CCC2(C)C(CCC3C2CCC2(C)C(NC)CCC32)C1. The fraction of sp³-hybridized carbons (Fsp3) is 0.917. The Hall–Kier alpha value is -0.300. The molecule has 0 bridgehead atoms. The van der Waals surface area contributed by atoms with E-state index in [1.54, 1.807) is 0 Å². The summed E-state index contributed by atoms with van der Waals surface area (Å²) >= 11 is 0. The van der Waals surface area contributed by atoms with Crippen LogP contribution in [-0.2, 0) is 0 Å². The average Bonchev–Trinajstić information content (AvgIpc) is 2.96. The minimum atomic E-state index is 0.577. The smallest absolute Gasteiger partial charge is 0.0121 e. The van der Waals surface area contributed by atoms with Crippen LogP contribution >= 0.6 is 0 Å². The average molecular weight is 344 g/mol. The van der Waals surface area contributed by atoms with Gasteiger partial charge in [0.2, 0.25) is 0 Å². The largest absolute Gasteiger partial charge is 0.316 e. The lowest BCUT2D eigenvalue weighted by molar-refractivity contribution is -0.116. The first-order chi connectivity index (χ1) is 11.9. The number of fused-ring (bicyclic) bond motifs is 5. The van der Waals surface area contributed by atoms with Gasteiger partial charge >= 0.3 is 0 Å². The van der Waals surface area contributed by atoms with E-state index in [2.05, 4.69) is 45.8 Å². The maximum atomic E-state index is 4.08. The van der Waals surface area contributed by atoms with Crippen molar-refractivity contribution in [1.82, 2.24) is 5.32 Å². The number of hydrogen-bond acceptors (Lipinski definition) is 1. The van der Waals surface area contributed by atoms with E-state index in [1.165, 1.54) is 57.8 Å². The summed E-state index contributed by atoms with van der Waals surface area (Å²) in [6.07, 6.45) is 15.5. The Morgan fingerprint density at radius 2 is 1.68 bits per heavy atom. The van der Waals surface area contributed by atoms with Crippen molar-refractivity contribution < 1.29 is 0 Å². The highest BCUT2D eigenvalue weighted by atomic mass is 14.9. The van der Waals surface area contributed by atoms with Crippen molar-refractivity contribution in [2.24, 2.45) is 46.3 Å². The van der Waals surface area contributed by atoms with E-state index in [-0.39, 0.29) is 0 Å². The Balaban J connectivity index is 1.55. The fourth-order valence-corrected chi connectivity index (χ4v) is 8.44. The van der Waals surface area contributed by atoms with E-state index >= 15 is 0 Å². The Morgan fingerprint density at radius 3 is 2.40 bits per heavy atom. The van der Waals surface area contributed by atoms with E-state index in [9.17, 15) is 0 Å². The lowest BCUT2D eigenvalue weighted by Gasteiger charge is -2.61. The van der Waals surface area contributed by atoms with Crippen LogP contribution in [0.3, 0.4) is 0 Å². The third kappa shape index (κ3) is 2.59. The van der Waals surface area contributed by atoms with Crippen molar-refractivity contribution in [3.8, 4) is 0 Å². The Labute approximate surface area is 156 Å². The van der Waals surface area contributed by atoms with Gasteiger partial charge in [0.1, 0.15) is 0 Å². The quantitative estimate of drug-likeness (QED) is 0.615. The Bertz CT molecular complexity index is 512. The molecule has 9 unspecified atom stereocenters. The van der Waals surface area contributed by atoms with Crippen molar-refractivity contribution in [1.29, 1.82) is 0 Å². The topological polar surface area (TPSA) is 12.0 Å². The molecule has 1 nitrogen and oxygen atoms in total. The molecule has 0 heterocycles. The molecule has 1 N–H and O–H groups in total. The molecule has 0 spiro atoms. The summed E-state index contributed by atoms with van der Waals surface area (Å²) in [5, 5.41) is 3.68. The predicted octanol–water partition coefficient (Wildman–Crippen LogP) is 6.06. The maximum Gasteiger partial charge on any atom is 0.0121 e. The summed E-state index contributed by atoms with van der Waals surface area (Å²) < 4.78 is 0. The molecule has 1 heteroatoms. The van der Waals surface area contributed by atoms with Gasteiger partial charge in [0.15, 0.2) is 0 Å². The van der Waals surface area contributed by atoms with E-state index in [0.29, 0.717) is 16.7 Å². The van der Waals surface area contributed by atoms with Gasteiger partial charge in [0, 0.05) is 6.04 Å². The maximum absolute atomic E-state index is 4.08. The highest BCUT2D eigenvalue weighted by Gasteiger charge is 2.59. The Morgan fingerprint density at radius 1 is 0.960 bits per heavy atom. The lowest BCUT2D eigenvalue weighted by atomic mass is 9.44. The zero-order chi connectivity index (χ0) is 17.8. The molecule has 142 valence electrons. The van der Waals surface area contributed by atoms with Crippen molar-refractivity contribution in [2.45, 2.75) is 84.6 Å². The summed E-state index contributed by atoms with van der Waals surface area (Å²) in [4.78, 5) is 0. The summed E-state index contributed by atoms with van der Waals surface area (Å²) in [6.45, 7) is 11.8. The van der Waals surface area contributed by atoms with E-state index in [0.717, 1.165) is 35.6 Å². The molecule has 0 aromatic rings. The molecule has 4 fully saturated rings. The van der Waals surface area contributed by atoms with Crippen LogP contribution in [0.5, 0.6) is 0 Å². The summed E-state index contributed by atoms with van der Waals surface area (Å²) in [5.74, 6) is 5.63. The molecule has 0 aromatic carbocycles. The number of hydrogen-bond donors (Lipinski definition) is 1. The van der Waals surface area contributed by atoms with Crippen molar-refractivity contribution in [3.05, 3.63) is 12.7 Å². The van der Waals surface area contributed by atoms with Gasteiger partial charge in [-0.2, -0.15) is 0 Å². The van der Waals surface area contributed by atoms with Gasteiger partial charge in [0.05, 0.1) is 0 Å². The van der Waals surface area contributed by atoms with Crippen molar-refractivity contribution in [3.63, 3.8) is 0 Å². The van der Waals surface area contributed by atoms with Crippen LogP contribution in [0.15, 0.2) is 12.7 Å². The third-order valence-electron chi connectivity index (χ3n) is 10.2. The second-order valence-corrected chi connectivity index (χ2v) is 10.7. The summed E-state index contributed by atoms with van der Waals surface area (Å²) in [5.41, 5.74) is 1.22. The molecule has 4 rings (SSSR count). The first-order valence-corrected chi connectivity index (χ1v) is 11.2. The Kier molecular flexibility index (Phi) is 4.63. The molecule has 4 aliphatic rings. The highest BCUT2D eigenvalue weighted by molar-refractivity contribution is 5.10. The van der Waals surface area contributed by atoms with Crippen LogP contribution in [-0.4, -0.2) is 13.1 Å². The van der Waals surface area contributed by atoms with Crippen LogP contribution in [0.1, 0.15) is 78.6 Å². The minimum Gasteiger partial charge on any atom is -0.316 e. The molecule has 25 heavy (non-hydrogen) atoms. The van der Waals surface area contributed by atoms with Crippen LogP contribution in [0, 0.1) is 46.3 Å². The standard InChI is InChI=1S/C24H41N/c1-6-16(2)17-11-13-23(3)18(15-17)7-8-19-20-9-10-22(25-5)24(20,4)14-12-21(19)23/h6,16-22,25H,1,7-15H2,2-5H3. The van der Waals surface area contributed by atoms with Crippen molar-refractivity contribution in [2.75, 3.05) is 7.05 Å². The van der Waals surface area contributed by atoms with Gasteiger partial charge in [0.25, 0.3) is 0 Å². The zero-order valence-corrected chi connectivity index (χ0v) is 17.2. The summed E-state index contributed by atoms with van der Waals surface area (Å²) in [7, 11) is 2.20. The second kappa shape index (κ2) is 6.39. The molecule has 4 aliphatic carbocycles. The van der Waals surface area contributed by atoms with E-state index in [1.807, 2.05) is 0 Å². The predicted molar refractivity (Wildman–Crippen MR) is 107 cm³/mol. The van der Waals surface area contributed by atoms with Gasteiger partial charge in [-0.3, -0.25) is 0 Å². The van der Waals surface area contributed by atoms with Crippen LogP contribution in [0.4, 0.5) is 0 Å². The van der Waals surface area contributed by atoms with Gasteiger partial charge in [-0.15, -0.1) is 6.58 Å². The molecular formula is C24H41N. The van der Waals surface area contributed by atoms with Gasteiger partial charge in [-0.1, -0.05) is 26.8 Å². The fourth-order valence-electron chi connectivity index (χ4n) is 8.44. The van der Waals surface area contributed by atoms with Crippen LogP contribution in [0.25, 0.3) is 0 Å². The molecule has 0 aliphatic heterocycles. The van der Waals surface area contributed by atoms with Crippen LogP contribution in [0.2, 0.25) is 0 Å². The molecule has 0 saturated heterocycles. The minimum absolute atomic E-state index is 0.577. The van der Waals surface area contributed by atoms with Crippen LogP contribution < -0.4 is 5.32 Å². The molecular weight excluding hydrogens is 302 g/mol. The van der Waals surface area contributed by atoms with Gasteiger partial charge in [-0.05, 0) is 111 Å². The normalized spacial score (nSPS) is 53.4. The first kappa shape index (κ1) is 18.1. The molecule has 9 atom stereocenters. The third-order valence-corrected chi connectivity index (χ3v) is 10.2. The lowest BCUT2D eigenvalue weighted by Crippen LogP contribution is -2.55. The first-order valence-electron chi connectivity index (χ1n) is 11.2. The molecule has 0 radical (unpaired) electrons. The zero-order valence-electron chi connectivity index (χ0n) is 17.2. The van der Waals surface area contributed by atoms with Gasteiger partial charge < -0.3 is 5.32 Å². The van der Waals surface area contributed by atoms with Gasteiger partial charge in [-0.25, -0.2) is 0 Å². The summed E-state index contributed by atoms with van der Waals surface area (Å²) in [6, 6.07) is 0.771. The molecule has 4 saturated carbocycles. The number of allylic oxidation sites excluding steroid dienone is 1. The molecule has 0 aromatic heterocycles. The highest BCUT2D eigenvalue weighted by Crippen LogP contribution is 2.66. The van der Waals surface area contributed by atoms with E-state index in [4.69, 9.17) is 0 Å². The monoisotopic (exact) mass is 343 g/mol. The number of rotatable bonds is 3.